The van der Waals surface area contributed by atoms with Crippen molar-refractivity contribution in [3.63, 3.8) is 0 Å². The van der Waals surface area contributed by atoms with Crippen LogP contribution in [0.4, 0.5) is 13.2 Å². The van der Waals surface area contributed by atoms with Crippen molar-refractivity contribution in [2.75, 3.05) is 0 Å². The van der Waals surface area contributed by atoms with E-state index in [-0.39, 0.29) is 18.4 Å². The van der Waals surface area contributed by atoms with E-state index in [2.05, 4.69) is 5.10 Å². The Morgan fingerprint density at radius 1 is 1.35 bits per heavy atom. The van der Waals surface area contributed by atoms with Gasteiger partial charge in [-0.05, 0) is 11.6 Å². The van der Waals surface area contributed by atoms with E-state index < -0.39 is 17.3 Å². The average molecular weight is 279 g/mol. The first-order valence-corrected chi connectivity index (χ1v) is 5.52. The van der Waals surface area contributed by atoms with E-state index in [1.54, 1.807) is 0 Å². The third kappa shape index (κ3) is 2.69. The summed E-state index contributed by atoms with van der Waals surface area (Å²) in [6.07, 6.45) is -1.59. The van der Waals surface area contributed by atoms with Gasteiger partial charge < -0.3 is 0 Å². The van der Waals surface area contributed by atoms with Gasteiger partial charge in [-0.2, -0.15) is 23.5 Å². The van der Waals surface area contributed by atoms with Gasteiger partial charge in [-0.1, -0.05) is 12.1 Å². The van der Waals surface area contributed by atoms with Crippen LogP contribution in [0.15, 0.2) is 30.6 Å². The highest BCUT2D eigenvalue weighted by Crippen LogP contribution is 2.34. The molecule has 2 rings (SSSR count). The normalized spacial score (nSPS) is 11.1. The first-order valence-electron chi connectivity index (χ1n) is 5.52. The minimum Gasteiger partial charge on any atom is -0.298 e. The van der Waals surface area contributed by atoms with Crippen LogP contribution < -0.4 is 0 Å². The zero-order valence-electron chi connectivity index (χ0n) is 10.1. The molecular formula is C13H8F3N3O. The predicted molar refractivity (Wildman–Crippen MR) is 63.7 cm³/mol. The summed E-state index contributed by atoms with van der Waals surface area (Å²) in [6, 6.07) is 5.30. The zero-order chi connectivity index (χ0) is 14.8. The molecule has 102 valence electrons. The molecule has 0 aliphatic carbocycles. The summed E-state index contributed by atoms with van der Waals surface area (Å²) in [5, 5.41) is 12.4. The summed E-state index contributed by atoms with van der Waals surface area (Å²) >= 11 is 0. The van der Waals surface area contributed by atoms with Crippen molar-refractivity contribution >= 4 is 6.29 Å². The van der Waals surface area contributed by atoms with Gasteiger partial charge in [0.15, 0.2) is 6.29 Å². The monoisotopic (exact) mass is 279 g/mol. The second-order valence-electron chi connectivity index (χ2n) is 4.00. The van der Waals surface area contributed by atoms with Crippen LogP contribution in [0.2, 0.25) is 0 Å². The quantitative estimate of drug-likeness (QED) is 0.812. The van der Waals surface area contributed by atoms with E-state index in [4.69, 9.17) is 5.26 Å². The summed E-state index contributed by atoms with van der Waals surface area (Å²) in [6.45, 7) is 0.0124. The molecule has 0 spiro atoms. The molecule has 2 aromatic rings. The van der Waals surface area contributed by atoms with Gasteiger partial charge in [0.25, 0.3) is 0 Å². The van der Waals surface area contributed by atoms with Crippen molar-refractivity contribution in [1.82, 2.24) is 9.78 Å². The molecule has 0 fully saturated rings. The Kier molecular flexibility index (Phi) is 3.57. The molecule has 0 N–H and O–H groups in total. The van der Waals surface area contributed by atoms with Crippen LogP contribution in [0.3, 0.4) is 0 Å². The average Bonchev–Trinajstić information content (AvgIpc) is 2.86. The first-order chi connectivity index (χ1) is 9.45. The van der Waals surface area contributed by atoms with E-state index in [0.717, 1.165) is 12.1 Å². The lowest BCUT2D eigenvalue weighted by Crippen LogP contribution is -2.09. The fraction of sp³-hybridized carbons (Fsp3) is 0.154. The van der Waals surface area contributed by atoms with Gasteiger partial charge in [-0.3, -0.25) is 9.48 Å². The second kappa shape index (κ2) is 5.17. The van der Waals surface area contributed by atoms with Crippen molar-refractivity contribution < 1.29 is 18.0 Å². The minimum absolute atomic E-state index is 0.0124. The van der Waals surface area contributed by atoms with Gasteiger partial charge in [0.1, 0.15) is 6.54 Å². The molecule has 4 nitrogen and oxygen atoms in total. The van der Waals surface area contributed by atoms with Crippen LogP contribution in [-0.2, 0) is 12.7 Å². The van der Waals surface area contributed by atoms with Crippen LogP contribution >= 0.6 is 0 Å². The van der Waals surface area contributed by atoms with Crippen LogP contribution in [0.25, 0.3) is 11.1 Å². The fourth-order valence-electron chi connectivity index (χ4n) is 1.76. The molecule has 0 amide bonds. The maximum absolute atomic E-state index is 12.8. The molecule has 20 heavy (non-hydrogen) atoms. The Morgan fingerprint density at radius 3 is 2.70 bits per heavy atom. The lowest BCUT2D eigenvalue weighted by molar-refractivity contribution is -0.137. The summed E-state index contributed by atoms with van der Waals surface area (Å²) < 4.78 is 39.8. The highest BCUT2D eigenvalue weighted by molar-refractivity contribution is 5.80. The van der Waals surface area contributed by atoms with Crippen molar-refractivity contribution in [2.45, 2.75) is 12.7 Å². The Balaban J connectivity index is 2.47. The maximum Gasteiger partial charge on any atom is 0.417 e. The Morgan fingerprint density at radius 2 is 2.10 bits per heavy atom. The smallest absolute Gasteiger partial charge is 0.298 e. The van der Waals surface area contributed by atoms with Crippen molar-refractivity contribution in [3.8, 4) is 17.2 Å². The van der Waals surface area contributed by atoms with Crippen LogP contribution in [-0.4, -0.2) is 16.1 Å². The summed E-state index contributed by atoms with van der Waals surface area (Å²) in [5.41, 5.74) is -0.668. The number of hydrogen-bond acceptors (Lipinski definition) is 3. The molecular weight excluding hydrogens is 271 g/mol. The summed E-state index contributed by atoms with van der Waals surface area (Å²) in [7, 11) is 0. The molecule has 0 saturated heterocycles. The third-order valence-electron chi connectivity index (χ3n) is 2.68. The molecule has 7 heteroatoms. The standard InChI is InChI=1S/C13H8F3N3O/c14-13(15,16)12-5-9(1-2-10(12)8-20)11-6-18-19(7-11)4-3-17/h1-2,5-8H,4H2. The van der Waals surface area contributed by atoms with Gasteiger partial charge in [-0.25, -0.2) is 0 Å². The molecule has 0 saturated carbocycles. The van der Waals surface area contributed by atoms with Crippen LogP contribution in [0.5, 0.6) is 0 Å². The van der Waals surface area contributed by atoms with E-state index in [0.29, 0.717) is 5.56 Å². The molecule has 1 aromatic carbocycles. The van der Waals surface area contributed by atoms with Crippen LogP contribution in [0, 0.1) is 11.3 Å². The number of hydrogen-bond donors (Lipinski definition) is 0. The number of nitriles is 1. The van der Waals surface area contributed by atoms with Crippen LogP contribution in [0.1, 0.15) is 15.9 Å². The summed E-state index contributed by atoms with van der Waals surface area (Å²) in [5.74, 6) is 0. The number of aromatic nitrogens is 2. The minimum atomic E-state index is -4.60. The molecule has 0 radical (unpaired) electrons. The van der Waals surface area contributed by atoms with Gasteiger partial charge >= 0.3 is 6.18 Å². The molecule has 1 heterocycles. The third-order valence-corrected chi connectivity index (χ3v) is 2.68. The highest BCUT2D eigenvalue weighted by atomic mass is 19.4. The number of halogens is 3. The lowest BCUT2D eigenvalue weighted by atomic mass is 10.0. The Bertz CT molecular complexity index is 683. The molecule has 0 unspecified atom stereocenters. The molecule has 1 aromatic heterocycles. The number of rotatable bonds is 3. The van der Waals surface area contributed by atoms with Gasteiger partial charge in [0, 0.05) is 17.3 Å². The van der Waals surface area contributed by atoms with Gasteiger partial charge in [0.05, 0.1) is 17.8 Å². The number of carbonyl (C=O) groups excluding carboxylic acids is 1. The maximum atomic E-state index is 12.8. The number of aldehydes is 1. The number of alkyl halides is 3. The second-order valence-corrected chi connectivity index (χ2v) is 4.00. The molecule has 0 atom stereocenters. The Labute approximate surface area is 112 Å². The van der Waals surface area contributed by atoms with E-state index in [1.807, 2.05) is 6.07 Å². The van der Waals surface area contributed by atoms with E-state index in [9.17, 15) is 18.0 Å². The molecule has 0 bridgehead atoms. The Hall–Kier alpha value is -2.62. The first kappa shape index (κ1) is 13.8. The number of carbonyl (C=O) groups is 1. The number of nitrogens with zero attached hydrogens (tertiary/aromatic N) is 3. The zero-order valence-corrected chi connectivity index (χ0v) is 10.1. The van der Waals surface area contributed by atoms with E-state index >= 15 is 0 Å². The van der Waals surface area contributed by atoms with Crippen molar-refractivity contribution in [1.29, 1.82) is 5.26 Å². The van der Waals surface area contributed by atoms with E-state index in [1.165, 1.54) is 23.1 Å². The van der Waals surface area contributed by atoms with Crippen molar-refractivity contribution in [2.24, 2.45) is 0 Å². The lowest BCUT2D eigenvalue weighted by Gasteiger charge is -2.10. The number of benzene rings is 1. The fourth-order valence-corrected chi connectivity index (χ4v) is 1.76. The molecule has 0 aliphatic rings. The van der Waals surface area contributed by atoms with Gasteiger partial charge in [0.2, 0.25) is 0 Å². The van der Waals surface area contributed by atoms with Gasteiger partial charge in [-0.15, -0.1) is 0 Å². The summed E-state index contributed by atoms with van der Waals surface area (Å²) in [4.78, 5) is 10.7. The largest absolute Gasteiger partial charge is 0.417 e. The molecule has 0 aliphatic heterocycles. The topological polar surface area (TPSA) is 58.7 Å². The van der Waals surface area contributed by atoms with Crippen molar-refractivity contribution in [3.05, 3.63) is 41.7 Å². The highest BCUT2D eigenvalue weighted by Gasteiger charge is 2.33. The predicted octanol–water partition coefficient (Wildman–Crippen LogP) is 2.90. The SMILES string of the molecule is N#CCn1cc(-c2ccc(C=O)c(C(F)(F)F)c2)cn1.